The molecule has 2 nitrogen and oxygen atoms in total. The fourth-order valence-electron chi connectivity index (χ4n) is 1.44. The number of benzene rings is 1. The zero-order chi connectivity index (χ0) is 12.0. The summed E-state index contributed by atoms with van der Waals surface area (Å²) in [6, 6.07) is 7.19. The van der Waals surface area contributed by atoms with E-state index in [1.165, 1.54) is 6.42 Å². The molecule has 0 aromatic heterocycles. The van der Waals surface area contributed by atoms with Crippen LogP contribution in [-0.4, -0.2) is 16.8 Å². The van der Waals surface area contributed by atoms with E-state index >= 15 is 0 Å². The molecule has 0 aliphatic rings. The summed E-state index contributed by atoms with van der Waals surface area (Å²) in [6.07, 6.45) is 2.33. The Labute approximate surface area is 101 Å². The number of carboxylic acids is 1. The molecule has 1 aromatic rings. The maximum absolute atomic E-state index is 10.9. The highest BCUT2D eigenvalue weighted by molar-refractivity contribution is 7.99. The Balaban J connectivity index is 2.50. The van der Waals surface area contributed by atoms with E-state index in [9.17, 15) is 4.79 Å². The van der Waals surface area contributed by atoms with Crippen LogP contribution < -0.4 is 0 Å². The number of hydrogen-bond acceptors (Lipinski definition) is 2. The van der Waals surface area contributed by atoms with Crippen LogP contribution in [0.1, 0.15) is 37.0 Å². The fraction of sp³-hybridized carbons (Fsp3) is 0.462. The summed E-state index contributed by atoms with van der Waals surface area (Å²) >= 11 is 1.64. The van der Waals surface area contributed by atoms with Gasteiger partial charge in [-0.25, -0.2) is 4.79 Å². The lowest BCUT2D eigenvalue weighted by molar-refractivity contribution is 0.0693. The van der Waals surface area contributed by atoms with Gasteiger partial charge in [0.1, 0.15) is 0 Å². The molecule has 0 bridgehead atoms. The van der Waals surface area contributed by atoms with Crippen molar-refractivity contribution in [3.63, 3.8) is 0 Å². The van der Waals surface area contributed by atoms with Crippen LogP contribution in [0.5, 0.6) is 0 Å². The van der Waals surface area contributed by atoms with Gasteiger partial charge in [0.25, 0.3) is 0 Å². The predicted molar refractivity (Wildman–Crippen MR) is 68.2 cm³/mol. The standard InChI is InChI=1S/C13H18O2S/c1-10(2)6-5-9-16-12-8-4-3-7-11(12)13(14)15/h3-4,7-8,10H,5-6,9H2,1-2H3,(H,14,15). The van der Waals surface area contributed by atoms with Gasteiger partial charge in [-0.1, -0.05) is 32.4 Å². The molecule has 0 saturated heterocycles. The number of thioether (sulfide) groups is 1. The van der Waals surface area contributed by atoms with Crippen LogP contribution in [0, 0.1) is 5.92 Å². The summed E-state index contributed by atoms with van der Waals surface area (Å²) in [4.78, 5) is 11.8. The minimum Gasteiger partial charge on any atom is -0.478 e. The quantitative estimate of drug-likeness (QED) is 0.603. The Morgan fingerprint density at radius 2 is 2.06 bits per heavy atom. The lowest BCUT2D eigenvalue weighted by atomic mass is 10.1. The number of carbonyl (C=O) groups is 1. The van der Waals surface area contributed by atoms with Gasteiger partial charge in [-0.05, 0) is 30.2 Å². The van der Waals surface area contributed by atoms with Gasteiger partial charge in [-0.15, -0.1) is 11.8 Å². The van der Waals surface area contributed by atoms with E-state index < -0.39 is 5.97 Å². The summed E-state index contributed by atoms with van der Waals surface area (Å²) in [5.41, 5.74) is 0.414. The van der Waals surface area contributed by atoms with Crippen LogP contribution >= 0.6 is 11.8 Å². The second-order valence-corrected chi connectivity index (χ2v) is 5.32. The Morgan fingerprint density at radius 1 is 1.38 bits per heavy atom. The average molecular weight is 238 g/mol. The Bertz CT molecular complexity index is 348. The molecule has 1 aromatic carbocycles. The highest BCUT2D eigenvalue weighted by Gasteiger charge is 2.08. The van der Waals surface area contributed by atoms with E-state index in [0.29, 0.717) is 5.56 Å². The summed E-state index contributed by atoms with van der Waals surface area (Å²) in [5.74, 6) is 0.866. The molecule has 0 aliphatic heterocycles. The minimum atomic E-state index is -0.841. The molecular formula is C13H18O2S. The van der Waals surface area contributed by atoms with Gasteiger partial charge in [0.2, 0.25) is 0 Å². The van der Waals surface area contributed by atoms with Gasteiger partial charge in [0.15, 0.2) is 0 Å². The van der Waals surface area contributed by atoms with E-state index in [-0.39, 0.29) is 0 Å². The van der Waals surface area contributed by atoms with Gasteiger partial charge >= 0.3 is 5.97 Å². The van der Waals surface area contributed by atoms with Crippen molar-refractivity contribution >= 4 is 17.7 Å². The van der Waals surface area contributed by atoms with Crippen molar-refractivity contribution < 1.29 is 9.90 Å². The van der Waals surface area contributed by atoms with Gasteiger partial charge in [0.05, 0.1) is 5.56 Å². The molecular weight excluding hydrogens is 220 g/mol. The summed E-state index contributed by atoms with van der Waals surface area (Å²) in [5, 5.41) is 9.00. The van der Waals surface area contributed by atoms with Crippen LogP contribution in [0.2, 0.25) is 0 Å². The van der Waals surface area contributed by atoms with Crippen LogP contribution in [0.3, 0.4) is 0 Å². The van der Waals surface area contributed by atoms with Crippen LogP contribution in [0.15, 0.2) is 29.2 Å². The van der Waals surface area contributed by atoms with Crippen LogP contribution in [0.4, 0.5) is 0 Å². The first-order valence-electron chi connectivity index (χ1n) is 5.56. The third-order valence-electron chi connectivity index (χ3n) is 2.30. The highest BCUT2D eigenvalue weighted by Crippen LogP contribution is 2.24. The fourth-order valence-corrected chi connectivity index (χ4v) is 2.46. The monoisotopic (exact) mass is 238 g/mol. The van der Waals surface area contributed by atoms with Crippen LogP contribution in [0.25, 0.3) is 0 Å². The Hall–Kier alpha value is -0.960. The molecule has 1 N–H and O–H groups in total. The van der Waals surface area contributed by atoms with E-state index in [1.54, 1.807) is 23.9 Å². The molecule has 1 rings (SSSR count). The molecule has 0 heterocycles. The second kappa shape index (κ2) is 6.59. The first-order valence-corrected chi connectivity index (χ1v) is 6.55. The number of aromatic carboxylic acids is 1. The molecule has 0 saturated carbocycles. The maximum Gasteiger partial charge on any atom is 0.336 e. The minimum absolute atomic E-state index is 0.414. The average Bonchev–Trinajstić information content (AvgIpc) is 2.24. The van der Waals surface area contributed by atoms with Crippen molar-refractivity contribution in [1.29, 1.82) is 0 Å². The molecule has 0 atom stereocenters. The third kappa shape index (κ3) is 4.27. The Kier molecular flexibility index (Phi) is 5.39. The van der Waals surface area contributed by atoms with Crippen molar-refractivity contribution in [2.75, 3.05) is 5.75 Å². The predicted octanol–water partition coefficient (Wildman–Crippen LogP) is 3.91. The topological polar surface area (TPSA) is 37.3 Å². The van der Waals surface area contributed by atoms with Crippen molar-refractivity contribution in [2.45, 2.75) is 31.6 Å². The molecule has 0 spiro atoms. The highest BCUT2D eigenvalue weighted by atomic mass is 32.2. The Morgan fingerprint density at radius 3 is 2.69 bits per heavy atom. The van der Waals surface area contributed by atoms with Gasteiger partial charge in [-0.2, -0.15) is 0 Å². The third-order valence-corrected chi connectivity index (χ3v) is 3.46. The molecule has 16 heavy (non-hydrogen) atoms. The lowest BCUT2D eigenvalue weighted by Crippen LogP contribution is -1.98. The molecule has 0 aliphatic carbocycles. The second-order valence-electron chi connectivity index (χ2n) is 4.19. The van der Waals surface area contributed by atoms with Gasteiger partial charge in [0, 0.05) is 4.90 Å². The van der Waals surface area contributed by atoms with Crippen LogP contribution in [-0.2, 0) is 0 Å². The zero-order valence-corrected chi connectivity index (χ0v) is 10.6. The first-order chi connectivity index (χ1) is 7.61. The van der Waals surface area contributed by atoms with Gasteiger partial charge in [-0.3, -0.25) is 0 Å². The number of carboxylic acid groups (broad SMARTS) is 1. The largest absolute Gasteiger partial charge is 0.478 e. The van der Waals surface area contributed by atoms with Gasteiger partial charge < -0.3 is 5.11 Å². The molecule has 0 radical (unpaired) electrons. The van der Waals surface area contributed by atoms with E-state index in [4.69, 9.17) is 5.11 Å². The maximum atomic E-state index is 10.9. The zero-order valence-electron chi connectivity index (χ0n) is 9.77. The molecule has 0 fully saturated rings. The molecule has 88 valence electrons. The number of rotatable bonds is 6. The molecule has 3 heteroatoms. The lowest BCUT2D eigenvalue weighted by Gasteiger charge is -2.06. The molecule has 0 unspecified atom stereocenters. The molecule has 0 amide bonds. The summed E-state index contributed by atoms with van der Waals surface area (Å²) < 4.78 is 0. The van der Waals surface area contributed by atoms with Crippen molar-refractivity contribution in [3.05, 3.63) is 29.8 Å². The van der Waals surface area contributed by atoms with Crippen molar-refractivity contribution in [2.24, 2.45) is 5.92 Å². The summed E-state index contributed by atoms with van der Waals surface area (Å²) in [6.45, 7) is 4.41. The first kappa shape index (κ1) is 13.1. The number of hydrogen-bond donors (Lipinski definition) is 1. The summed E-state index contributed by atoms with van der Waals surface area (Å²) in [7, 11) is 0. The van der Waals surface area contributed by atoms with Crippen molar-refractivity contribution in [3.8, 4) is 0 Å². The smallest absolute Gasteiger partial charge is 0.336 e. The van der Waals surface area contributed by atoms with E-state index in [0.717, 1.165) is 23.0 Å². The van der Waals surface area contributed by atoms with E-state index in [2.05, 4.69) is 13.8 Å². The normalized spacial score (nSPS) is 10.7. The van der Waals surface area contributed by atoms with Crippen molar-refractivity contribution in [1.82, 2.24) is 0 Å². The SMILES string of the molecule is CC(C)CCCSc1ccccc1C(=O)O. The van der Waals surface area contributed by atoms with E-state index in [1.807, 2.05) is 12.1 Å².